The van der Waals surface area contributed by atoms with E-state index in [-0.39, 0.29) is 0 Å². The van der Waals surface area contributed by atoms with Crippen LogP contribution in [0.25, 0.3) is 0 Å². The van der Waals surface area contributed by atoms with E-state index in [0.29, 0.717) is 17.9 Å². The second kappa shape index (κ2) is 9.07. The number of para-hydroxylation sites is 2. The highest BCUT2D eigenvalue weighted by molar-refractivity contribution is 5.21. The first-order valence-electron chi connectivity index (χ1n) is 7.27. The molecule has 0 saturated heterocycles. The Labute approximate surface area is 131 Å². The topological polar surface area (TPSA) is 58.9 Å². The maximum Gasteiger partial charge on any atom is 0.202 e. The van der Waals surface area contributed by atoms with Crippen LogP contribution in [-0.4, -0.2) is 22.3 Å². The van der Waals surface area contributed by atoms with E-state index in [0.717, 1.165) is 0 Å². The minimum Gasteiger partial charge on any atom is -0.465 e. The molecular formula is C18H24O4. The predicted molar refractivity (Wildman–Crippen MR) is 86.7 cm³/mol. The van der Waals surface area contributed by atoms with Gasteiger partial charge in [-0.25, -0.2) is 0 Å². The molecule has 2 aromatic rings. The predicted octanol–water partition coefficient (Wildman–Crippen LogP) is 3.59. The summed E-state index contributed by atoms with van der Waals surface area (Å²) in [6.07, 6.45) is -0.0769. The molecule has 2 aromatic carbocycles. The molecule has 0 amide bonds. The Bertz CT molecular complexity index is 506. The smallest absolute Gasteiger partial charge is 0.202 e. The van der Waals surface area contributed by atoms with Crippen LogP contribution in [0.15, 0.2) is 60.7 Å². The van der Waals surface area contributed by atoms with Crippen LogP contribution >= 0.6 is 0 Å². The highest BCUT2D eigenvalue weighted by Gasteiger charge is 2.12. The zero-order valence-corrected chi connectivity index (χ0v) is 13.3. The molecule has 2 rings (SSSR count). The van der Waals surface area contributed by atoms with Gasteiger partial charge in [-0.2, -0.15) is 0 Å². The maximum absolute atomic E-state index is 9.25. The second-order valence-corrected chi connectivity index (χ2v) is 5.16. The lowest BCUT2D eigenvalue weighted by Crippen LogP contribution is -2.26. The summed E-state index contributed by atoms with van der Waals surface area (Å²) in [6.45, 7) is 5.06. The van der Waals surface area contributed by atoms with Gasteiger partial charge in [-0.3, -0.25) is 0 Å². The molecule has 0 radical (unpaired) electrons. The third-order valence-corrected chi connectivity index (χ3v) is 2.48. The molecule has 0 fully saturated rings. The second-order valence-electron chi connectivity index (χ2n) is 5.16. The van der Waals surface area contributed by atoms with Crippen LogP contribution in [0.1, 0.15) is 27.2 Å². The quantitative estimate of drug-likeness (QED) is 0.829. The lowest BCUT2D eigenvalue weighted by atomic mass is 10.3. The third kappa shape index (κ3) is 8.29. The molecule has 120 valence electrons. The van der Waals surface area contributed by atoms with Crippen molar-refractivity contribution in [1.82, 2.24) is 0 Å². The first kappa shape index (κ1) is 18.0. The lowest BCUT2D eigenvalue weighted by Gasteiger charge is -2.19. The van der Waals surface area contributed by atoms with E-state index in [1.165, 1.54) is 0 Å². The first-order valence-corrected chi connectivity index (χ1v) is 7.27. The Morgan fingerprint density at radius 2 is 1.36 bits per heavy atom. The first-order chi connectivity index (χ1) is 10.4. The summed E-state index contributed by atoms with van der Waals surface area (Å²) in [4.78, 5) is 0. The van der Waals surface area contributed by atoms with Gasteiger partial charge in [0.25, 0.3) is 0 Å². The molecule has 1 atom stereocenters. The van der Waals surface area contributed by atoms with E-state index in [9.17, 15) is 5.11 Å². The van der Waals surface area contributed by atoms with Crippen molar-refractivity contribution in [2.24, 2.45) is 0 Å². The average molecular weight is 304 g/mol. The number of ether oxygens (including phenoxy) is 2. The largest absolute Gasteiger partial charge is 0.465 e. The normalized spacial score (nSPS) is 11.9. The summed E-state index contributed by atoms with van der Waals surface area (Å²) in [5.41, 5.74) is 0. The molecule has 0 spiro atoms. The van der Waals surface area contributed by atoms with E-state index in [1.807, 2.05) is 55.5 Å². The van der Waals surface area contributed by atoms with Crippen molar-refractivity contribution in [2.75, 3.05) is 0 Å². The van der Waals surface area contributed by atoms with E-state index >= 15 is 0 Å². The number of aliphatic hydroxyl groups excluding tert-OH is 1. The van der Waals surface area contributed by atoms with Gasteiger partial charge in [-0.05, 0) is 24.3 Å². The number of aliphatic hydroxyl groups is 2. The number of rotatable bonds is 5. The molecule has 4 heteroatoms. The Morgan fingerprint density at radius 3 is 1.77 bits per heavy atom. The number of hydrogen-bond donors (Lipinski definition) is 2. The fourth-order valence-electron chi connectivity index (χ4n) is 1.52. The van der Waals surface area contributed by atoms with Crippen LogP contribution in [0.5, 0.6) is 11.5 Å². The molecule has 0 aliphatic rings. The highest BCUT2D eigenvalue weighted by Crippen LogP contribution is 2.14. The molecular weight excluding hydrogens is 280 g/mol. The van der Waals surface area contributed by atoms with Crippen molar-refractivity contribution in [3.05, 3.63) is 60.7 Å². The standard InChI is InChI=1S/2C9H12O2/c1-9(2,10)11-8-6-4-3-5-7-8;1-2-9(10)11-8-6-4-3-5-7-8/h3-7,10H,1-2H3;3-7,9-10H,2H2,1H3. The van der Waals surface area contributed by atoms with Crippen LogP contribution in [0, 0.1) is 0 Å². The van der Waals surface area contributed by atoms with Gasteiger partial charge in [-0.1, -0.05) is 43.3 Å². The van der Waals surface area contributed by atoms with Crippen molar-refractivity contribution in [1.29, 1.82) is 0 Å². The van der Waals surface area contributed by atoms with Crippen LogP contribution in [0.3, 0.4) is 0 Å². The molecule has 0 saturated carbocycles. The fourth-order valence-corrected chi connectivity index (χ4v) is 1.52. The summed E-state index contributed by atoms with van der Waals surface area (Å²) in [5.74, 6) is 0.295. The summed E-state index contributed by atoms with van der Waals surface area (Å²) in [5, 5.41) is 18.3. The molecule has 4 nitrogen and oxygen atoms in total. The van der Waals surface area contributed by atoms with Gasteiger partial charge in [0.2, 0.25) is 5.79 Å². The monoisotopic (exact) mass is 304 g/mol. The van der Waals surface area contributed by atoms with Gasteiger partial charge in [0.05, 0.1) is 0 Å². The molecule has 0 aliphatic carbocycles. The minimum atomic E-state index is -1.10. The Hall–Kier alpha value is -2.04. The highest BCUT2D eigenvalue weighted by atomic mass is 16.6. The lowest BCUT2D eigenvalue weighted by molar-refractivity contribution is -0.104. The molecule has 0 heterocycles. The van der Waals surface area contributed by atoms with Crippen molar-refractivity contribution in [3.63, 3.8) is 0 Å². The summed E-state index contributed by atoms with van der Waals surface area (Å²) in [7, 11) is 0. The van der Waals surface area contributed by atoms with Gasteiger partial charge in [0, 0.05) is 20.3 Å². The minimum absolute atomic E-state index is 0.606. The summed E-state index contributed by atoms with van der Waals surface area (Å²) in [6, 6.07) is 18.5. The summed E-state index contributed by atoms with van der Waals surface area (Å²) >= 11 is 0. The van der Waals surface area contributed by atoms with Crippen LogP contribution in [-0.2, 0) is 0 Å². The van der Waals surface area contributed by atoms with Gasteiger partial charge in [0.1, 0.15) is 11.5 Å². The molecule has 22 heavy (non-hydrogen) atoms. The Morgan fingerprint density at radius 1 is 0.909 bits per heavy atom. The van der Waals surface area contributed by atoms with Crippen molar-refractivity contribution in [2.45, 2.75) is 39.3 Å². The van der Waals surface area contributed by atoms with E-state index in [4.69, 9.17) is 14.6 Å². The van der Waals surface area contributed by atoms with Crippen molar-refractivity contribution >= 4 is 0 Å². The molecule has 0 aromatic heterocycles. The van der Waals surface area contributed by atoms with Crippen molar-refractivity contribution in [3.8, 4) is 11.5 Å². The molecule has 0 aliphatic heterocycles. The SMILES string of the molecule is CC(C)(O)Oc1ccccc1.CCC(O)Oc1ccccc1. The van der Waals surface area contributed by atoms with Crippen LogP contribution in [0.4, 0.5) is 0 Å². The van der Waals surface area contributed by atoms with E-state index < -0.39 is 12.1 Å². The molecule has 0 bridgehead atoms. The van der Waals surface area contributed by atoms with Gasteiger partial charge >= 0.3 is 0 Å². The number of benzene rings is 2. The zero-order valence-electron chi connectivity index (χ0n) is 13.3. The average Bonchev–Trinajstić information content (AvgIpc) is 2.48. The van der Waals surface area contributed by atoms with Gasteiger partial charge in [0.15, 0.2) is 6.29 Å². The molecule has 1 unspecified atom stereocenters. The van der Waals surface area contributed by atoms with Crippen LogP contribution in [0.2, 0.25) is 0 Å². The van der Waals surface area contributed by atoms with Gasteiger partial charge in [-0.15, -0.1) is 0 Å². The van der Waals surface area contributed by atoms with Gasteiger partial charge < -0.3 is 19.7 Å². The fraction of sp³-hybridized carbons (Fsp3) is 0.333. The van der Waals surface area contributed by atoms with E-state index in [2.05, 4.69) is 0 Å². The van der Waals surface area contributed by atoms with Crippen LogP contribution < -0.4 is 9.47 Å². The zero-order chi connectivity index (χ0) is 16.4. The Balaban J connectivity index is 0.000000220. The maximum atomic E-state index is 9.25. The molecule has 2 N–H and O–H groups in total. The van der Waals surface area contributed by atoms with Crippen molar-refractivity contribution < 1.29 is 19.7 Å². The third-order valence-electron chi connectivity index (χ3n) is 2.48. The number of hydrogen-bond acceptors (Lipinski definition) is 4. The Kier molecular flexibility index (Phi) is 7.43. The summed E-state index contributed by atoms with van der Waals surface area (Å²) < 4.78 is 10.3. The van der Waals surface area contributed by atoms with E-state index in [1.54, 1.807) is 26.0 Å².